The Balaban J connectivity index is 1.92. The first-order valence-electron chi connectivity index (χ1n) is 8.10. The molecule has 24 heavy (non-hydrogen) atoms. The molecule has 0 radical (unpaired) electrons. The topological polar surface area (TPSA) is 70.5 Å². The molecule has 7 heteroatoms. The van der Waals surface area contributed by atoms with Gasteiger partial charge in [0.2, 0.25) is 5.95 Å². The molecule has 1 aliphatic heterocycles. The number of anilines is 1. The quantitative estimate of drug-likeness (QED) is 0.845. The molecule has 0 bridgehead atoms. The van der Waals surface area contributed by atoms with Gasteiger partial charge in [-0.25, -0.2) is 9.97 Å². The SMILES string of the molecule is C/C=N\C(=C/C)C(C)Nc1nc(C(=O)N2CCC2)c2sccc2n1. The number of hydrogen-bond acceptors (Lipinski definition) is 6. The fourth-order valence-corrected chi connectivity index (χ4v) is 3.41. The Morgan fingerprint density at radius 1 is 1.42 bits per heavy atom. The van der Waals surface area contributed by atoms with E-state index in [1.54, 1.807) is 6.21 Å². The summed E-state index contributed by atoms with van der Waals surface area (Å²) in [7, 11) is 0. The Morgan fingerprint density at radius 3 is 2.83 bits per heavy atom. The lowest BCUT2D eigenvalue weighted by molar-refractivity contribution is 0.0648. The summed E-state index contributed by atoms with van der Waals surface area (Å²) < 4.78 is 0.850. The highest BCUT2D eigenvalue weighted by Crippen LogP contribution is 2.26. The number of amides is 1. The van der Waals surface area contributed by atoms with Crippen LogP contribution in [0.25, 0.3) is 10.2 Å². The number of carbonyl (C=O) groups is 1. The highest BCUT2D eigenvalue weighted by atomic mass is 32.1. The van der Waals surface area contributed by atoms with Crippen LogP contribution < -0.4 is 5.32 Å². The molecule has 3 heterocycles. The van der Waals surface area contributed by atoms with Crippen molar-refractivity contribution in [2.24, 2.45) is 4.99 Å². The van der Waals surface area contributed by atoms with E-state index in [1.807, 2.05) is 43.2 Å². The van der Waals surface area contributed by atoms with Crippen molar-refractivity contribution in [3.63, 3.8) is 0 Å². The molecule has 2 aromatic rings. The summed E-state index contributed by atoms with van der Waals surface area (Å²) in [6.07, 6.45) is 4.77. The minimum Gasteiger partial charge on any atom is -0.346 e. The zero-order valence-electron chi connectivity index (χ0n) is 14.1. The van der Waals surface area contributed by atoms with Crippen LogP contribution in [0.2, 0.25) is 0 Å². The summed E-state index contributed by atoms with van der Waals surface area (Å²) in [6.45, 7) is 7.45. The van der Waals surface area contributed by atoms with Gasteiger partial charge in [0.1, 0.15) is 0 Å². The molecule has 1 amide bonds. The van der Waals surface area contributed by atoms with Crippen LogP contribution in [0.4, 0.5) is 5.95 Å². The Bertz CT molecular complexity index is 806. The van der Waals surface area contributed by atoms with Crippen molar-refractivity contribution >= 4 is 39.6 Å². The summed E-state index contributed by atoms with van der Waals surface area (Å²) in [5.74, 6) is 0.451. The molecule has 0 spiro atoms. The van der Waals surface area contributed by atoms with Crippen molar-refractivity contribution in [1.29, 1.82) is 0 Å². The second kappa shape index (κ2) is 7.09. The number of aromatic nitrogens is 2. The second-order valence-corrected chi connectivity index (χ2v) is 6.56. The first-order valence-corrected chi connectivity index (χ1v) is 8.98. The van der Waals surface area contributed by atoms with Crippen LogP contribution in [-0.4, -0.2) is 46.1 Å². The summed E-state index contributed by atoms with van der Waals surface area (Å²) >= 11 is 1.51. The first-order chi connectivity index (χ1) is 11.6. The van der Waals surface area contributed by atoms with Gasteiger partial charge < -0.3 is 10.2 Å². The molecule has 0 aliphatic carbocycles. The van der Waals surface area contributed by atoms with Gasteiger partial charge in [-0.3, -0.25) is 9.79 Å². The van der Waals surface area contributed by atoms with E-state index < -0.39 is 0 Å². The monoisotopic (exact) mass is 343 g/mol. The molecule has 126 valence electrons. The van der Waals surface area contributed by atoms with Crippen LogP contribution in [0.1, 0.15) is 37.7 Å². The van der Waals surface area contributed by atoms with Crippen LogP contribution in [0.3, 0.4) is 0 Å². The molecule has 1 fully saturated rings. The van der Waals surface area contributed by atoms with Crippen molar-refractivity contribution in [2.75, 3.05) is 18.4 Å². The van der Waals surface area contributed by atoms with Crippen molar-refractivity contribution in [1.82, 2.24) is 14.9 Å². The van der Waals surface area contributed by atoms with E-state index in [0.29, 0.717) is 11.6 Å². The highest BCUT2D eigenvalue weighted by Gasteiger charge is 2.26. The number of hydrogen-bond donors (Lipinski definition) is 1. The molecule has 1 N–H and O–H groups in total. The Labute approximate surface area is 145 Å². The molecule has 3 rings (SSSR count). The van der Waals surface area contributed by atoms with Gasteiger partial charge >= 0.3 is 0 Å². The Kier molecular flexibility index (Phi) is 4.89. The van der Waals surface area contributed by atoms with Crippen molar-refractivity contribution in [3.8, 4) is 0 Å². The second-order valence-electron chi connectivity index (χ2n) is 5.64. The standard InChI is InChI=1S/C17H21N5OS/c1-4-12(18-5-2)11(3)19-17-20-13-7-10-24-15(13)14(21-17)16(23)22-8-6-9-22/h4-5,7,10-11H,6,8-9H2,1-3H3,(H,19,20,21)/b12-4-,18-5-. The molecular weight excluding hydrogens is 322 g/mol. The maximum absolute atomic E-state index is 12.6. The largest absolute Gasteiger partial charge is 0.346 e. The van der Waals surface area contributed by atoms with Crippen molar-refractivity contribution in [3.05, 3.63) is 28.9 Å². The molecule has 2 aromatic heterocycles. The van der Waals surface area contributed by atoms with Gasteiger partial charge in [-0.15, -0.1) is 11.3 Å². The summed E-state index contributed by atoms with van der Waals surface area (Å²) in [6, 6.07) is 1.87. The number of allylic oxidation sites excluding steroid dienone is 1. The minimum absolute atomic E-state index is 0.00959. The average molecular weight is 343 g/mol. The molecule has 0 aromatic carbocycles. The van der Waals surface area contributed by atoms with Gasteiger partial charge in [0.05, 0.1) is 22.0 Å². The normalized spacial score (nSPS) is 16.5. The lowest BCUT2D eigenvalue weighted by Crippen LogP contribution is -2.42. The number of nitrogens with zero attached hydrogens (tertiary/aromatic N) is 4. The summed E-state index contributed by atoms with van der Waals surface area (Å²) in [5, 5.41) is 5.20. The van der Waals surface area contributed by atoms with E-state index in [2.05, 4.69) is 20.3 Å². The third-order valence-corrected chi connectivity index (χ3v) is 4.92. The zero-order chi connectivity index (χ0) is 17.1. The number of carbonyl (C=O) groups excluding carboxylic acids is 1. The van der Waals surface area contributed by atoms with E-state index in [0.717, 1.165) is 35.4 Å². The van der Waals surface area contributed by atoms with Crippen molar-refractivity contribution in [2.45, 2.75) is 33.2 Å². The van der Waals surface area contributed by atoms with Crippen LogP contribution in [0, 0.1) is 0 Å². The fraction of sp³-hybridized carbons (Fsp3) is 0.412. The lowest BCUT2D eigenvalue weighted by Gasteiger charge is -2.30. The van der Waals surface area contributed by atoms with Crippen LogP contribution in [0.15, 0.2) is 28.2 Å². The fourth-order valence-electron chi connectivity index (χ4n) is 2.60. The molecule has 1 unspecified atom stereocenters. The van der Waals surface area contributed by atoms with Gasteiger partial charge in [0, 0.05) is 19.3 Å². The van der Waals surface area contributed by atoms with Crippen LogP contribution >= 0.6 is 11.3 Å². The highest BCUT2D eigenvalue weighted by molar-refractivity contribution is 7.17. The number of fused-ring (bicyclic) bond motifs is 1. The summed E-state index contributed by atoms with van der Waals surface area (Å²) in [4.78, 5) is 27.9. The Morgan fingerprint density at radius 2 is 2.21 bits per heavy atom. The molecule has 6 nitrogen and oxygen atoms in total. The predicted octanol–water partition coefficient (Wildman–Crippen LogP) is 3.33. The zero-order valence-corrected chi connectivity index (χ0v) is 14.9. The predicted molar refractivity (Wildman–Crippen MR) is 98.9 cm³/mol. The molecule has 1 atom stereocenters. The number of thiophene rings is 1. The van der Waals surface area contributed by atoms with E-state index in [1.165, 1.54) is 11.3 Å². The lowest BCUT2D eigenvalue weighted by atomic mass is 10.2. The van der Waals surface area contributed by atoms with Gasteiger partial charge in [-0.1, -0.05) is 6.08 Å². The van der Waals surface area contributed by atoms with Crippen molar-refractivity contribution < 1.29 is 4.79 Å². The van der Waals surface area contributed by atoms with E-state index in [9.17, 15) is 4.79 Å². The molecule has 1 aliphatic rings. The van der Waals surface area contributed by atoms with E-state index in [4.69, 9.17) is 0 Å². The molecule has 0 saturated carbocycles. The number of rotatable bonds is 5. The van der Waals surface area contributed by atoms with E-state index >= 15 is 0 Å². The molecule has 1 saturated heterocycles. The van der Waals surface area contributed by atoms with Gasteiger partial charge in [0.15, 0.2) is 5.69 Å². The van der Waals surface area contributed by atoms with Gasteiger partial charge in [-0.05, 0) is 38.6 Å². The first kappa shape index (κ1) is 16.6. The average Bonchev–Trinajstić information content (AvgIpc) is 2.98. The van der Waals surface area contributed by atoms with Gasteiger partial charge in [-0.2, -0.15) is 0 Å². The smallest absolute Gasteiger partial charge is 0.274 e. The maximum Gasteiger partial charge on any atom is 0.274 e. The van der Waals surface area contributed by atoms with E-state index in [-0.39, 0.29) is 11.9 Å². The minimum atomic E-state index is -0.0470. The Hall–Kier alpha value is -2.28. The third kappa shape index (κ3) is 3.17. The van der Waals surface area contributed by atoms with Crippen LogP contribution in [0.5, 0.6) is 0 Å². The third-order valence-electron chi connectivity index (χ3n) is 4.01. The van der Waals surface area contributed by atoms with Crippen LogP contribution in [-0.2, 0) is 0 Å². The summed E-state index contributed by atoms with van der Waals surface area (Å²) in [5.41, 5.74) is 2.20. The van der Waals surface area contributed by atoms with Gasteiger partial charge in [0.25, 0.3) is 5.91 Å². The molecular formula is C17H21N5OS. The number of nitrogens with one attached hydrogen (secondary N) is 1. The number of aliphatic imine (C=N–C) groups is 1. The maximum atomic E-state index is 12.6. The number of likely N-dealkylation sites (tertiary alicyclic amines) is 1.